The van der Waals surface area contributed by atoms with Gasteiger partial charge in [-0.25, -0.2) is 9.97 Å². The highest BCUT2D eigenvalue weighted by molar-refractivity contribution is 7.19. The normalized spacial score (nSPS) is 11.4. The number of anilines is 1. The van der Waals surface area contributed by atoms with Crippen LogP contribution in [0.15, 0.2) is 78.6 Å². The number of nitrogens with one attached hydrogen (secondary N) is 1. The lowest BCUT2D eigenvalue weighted by Gasteiger charge is -2.09. The molecule has 6 aromatic rings. The summed E-state index contributed by atoms with van der Waals surface area (Å²) < 4.78 is 3.97. The van der Waals surface area contributed by atoms with Crippen molar-refractivity contribution in [3.63, 3.8) is 0 Å². The Morgan fingerprint density at radius 3 is 2.53 bits per heavy atom. The SMILES string of the molecule is Cc1c(C(=O)Nc2ccccc2-c2cn3ccsc3n2)sc2nc(-c3ccccc3)cn12. The number of aryl methyl sites for hydroxylation is 1. The predicted molar refractivity (Wildman–Crippen MR) is 130 cm³/mol. The number of carbonyl (C=O) groups excluding carboxylic acids is 1. The van der Waals surface area contributed by atoms with E-state index in [0.717, 1.165) is 43.8 Å². The Morgan fingerprint density at radius 1 is 0.938 bits per heavy atom. The van der Waals surface area contributed by atoms with Gasteiger partial charge < -0.3 is 5.32 Å². The van der Waals surface area contributed by atoms with Crippen molar-refractivity contribution in [1.29, 1.82) is 0 Å². The Kier molecular flexibility index (Phi) is 4.41. The number of hydrogen-bond acceptors (Lipinski definition) is 5. The monoisotopic (exact) mass is 455 g/mol. The number of rotatable bonds is 4. The van der Waals surface area contributed by atoms with E-state index < -0.39 is 0 Å². The van der Waals surface area contributed by atoms with Crippen LogP contribution in [0.25, 0.3) is 32.4 Å². The molecule has 156 valence electrons. The van der Waals surface area contributed by atoms with Gasteiger partial charge in [0.1, 0.15) is 4.88 Å². The molecule has 32 heavy (non-hydrogen) atoms. The predicted octanol–water partition coefficient (Wildman–Crippen LogP) is 6.00. The smallest absolute Gasteiger partial charge is 0.267 e. The van der Waals surface area contributed by atoms with Crippen molar-refractivity contribution in [2.75, 3.05) is 5.32 Å². The van der Waals surface area contributed by atoms with Crippen LogP contribution < -0.4 is 5.32 Å². The lowest BCUT2D eigenvalue weighted by Crippen LogP contribution is -2.12. The standard InChI is InChI=1S/C24H17N5OS2/c1-15-21(32-24-26-19(14-29(15)24)16-7-3-2-4-8-16)22(30)25-18-10-6-5-9-17(18)20-13-28-11-12-31-23(28)27-20/h2-14H,1H3,(H,25,30). The van der Waals surface area contributed by atoms with Crippen molar-refractivity contribution in [2.24, 2.45) is 0 Å². The fourth-order valence-electron chi connectivity index (χ4n) is 3.76. The number of thiazole rings is 2. The van der Waals surface area contributed by atoms with Gasteiger partial charge in [0.25, 0.3) is 5.91 Å². The van der Waals surface area contributed by atoms with Crippen molar-refractivity contribution in [1.82, 2.24) is 18.8 Å². The summed E-state index contributed by atoms with van der Waals surface area (Å²) in [5, 5.41) is 5.08. The fourth-order valence-corrected chi connectivity index (χ4v) is 5.46. The molecule has 0 spiro atoms. The van der Waals surface area contributed by atoms with E-state index in [1.165, 1.54) is 11.3 Å². The molecule has 4 heterocycles. The van der Waals surface area contributed by atoms with E-state index in [9.17, 15) is 4.79 Å². The molecule has 0 aliphatic heterocycles. The number of carbonyl (C=O) groups is 1. The zero-order valence-corrected chi connectivity index (χ0v) is 18.7. The van der Waals surface area contributed by atoms with Crippen LogP contribution in [-0.4, -0.2) is 24.7 Å². The fraction of sp³-hybridized carbons (Fsp3) is 0.0417. The molecular weight excluding hydrogens is 438 g/mol. The van der Waals surface area contributed by atoms with Gasteiger partial charge in [-0.2, -0.15) is 0 Å². The Hall–Kier alpha value is -3.75. The van der Waals surface area contributed by atoms with Gasteiger partial charge in [0.2, 0.25) is 0 Å². The highest BCUT2D eigenvalue weighted by Gasteiger charge is 2.20. The molecule has 0 fully saturated rings. The summed E-state index contributed by atoms with van der Waals surface area (Å²) in [4.78, 5) is 25.0. The highest BCUT2D eigenvalue weighted by Crippen LogP contribution is 2.31. The maximum absolute atomic E-state index is 13.2. The maximum atomic E-state index is 13.2. The van der Waals surface area contributed by atoms with E-state index >= 15 is 0 Å². The molecule has 6 rings (SSSR count). The summed E-state index contributed by atoms with van der Waals surface area (Å²) in [7, 11) is 0. The van der Waals surface area contributed by atoms with Crippen LogP contribution in [0.5, 0.6) is 0 Å². The molecule has 0 aliphatic carbocycles. The van der Waals surface area contributed by atoms with Gasteiger partial charge in [0.15, 0.2) is 9.92 Å². The van der Waals surface area contributed by atoms with Crippen LogP contribution in [0.3, 0.4) is 0 Å². The molecule has 1 N–H and O–H groups in total. The van der Waals surface area contributed by atoms with Crippen molar-refractivity contribution < 1.29 is 4.79 Å². The quantitative estimate of drug-likeness (QED) is 0.355. The minimum Gasteiger partial charge on any atom is -0.321 e. The molecular formula is C24H17N5OS2. The molecule has 0 unspecified atom stereocenters. The summed E-state index contributed by atoms with van der Waals surface area (Å²) in [6.45, 7) is 1.95. The molecule has 4 aromatic heterocycles. The van der Waals surface area contributed by atoms with Crippen molar-refractivity contribution in [2.45, 2.75) is 6.92 Å². The number of hydrogen-bond donors (Lipinski definition) is 1. The van der Waals surface area contributed by atoms with Crippen LogP contribution in [0.4, 0.5) is 5.69 Å². The van der Waals surface area contributed by atoms with E-state index in [1.54, 1.807) is 11.3 Å². The first-order valence-electron chi connectivity index (χ1n) is 10.0. The minimum absolute atomic E-state index is 0.146. The second-order valence-corrected chi connectivity index (χ2v) is 9.23. The first-order valence-corrected chi connectivity index (χ1v) is 11.7. The molecule has 0 atom stereocenters. The molecule has 6 nitrogen and oxygen atoms in total. The summed E-state index contributed by atoms with van der Waals surface area (Å²) in [5.74, 6) is -0.146. The number of para-hydroxylation sites is 1. The van der Waals surface area contributed by atoms with Crippen LogP contribution in [0.2, 0.25) is 0 Å². The zero-order valence-electron chi connectivity index (χ0n) is 17.0. The van der Waals surface area contributed by atoms with Crippen molar-refractivity contribution in [3.8, 4) is 22.5 Å². The van der Waals surface area contributed by atoms with E-state index in [4.69, 9.17) is 4.98 Å². The van der Waals surface area contributed by atoms with E-state index in [2.05, 4.69) is 10.3 Å². The average Bonchev–Trinajstić information content (AvgIpc) is 3.56. The Bertz CT molecular complexity index is 1560. The van der Waals surface area contributed by atoms with Crippen molar-refractivity contribution in [3.05, 3.63) is 89.1 Å². The Labute approximate surface area is 191 Å². The van der Waals surface area contributed by atoms with Crippen LogP contribution in [0.1, 0.15) is 15.4 Å². The molecule has 1 amide bonds. The Balaban J connectivity index is 1.33. The molecule has 0 aliphatic rings. The summed E-state index contributed by atoms with van der Waals surface area (Å²) in [6, 6.07) is 17.8. The third-order valence-electron chi connectivity index (χ3n) is 5.38. The molecule has 0 saturated carbocycles. The molecule has 2 aromatic carbocycles. The van der Waals surface area contributed by atoms with Crippen molar-refractivity contribution >= 4 is 44.2 Å². The van der Waals surface area contributed by atoms with Crippen LogP contribution in [-0.2, 0) is 0 Å². The zero-order chi connectivity index (χ0) is 21.7. The third-order valence-corrected chi connectivity index (χ3v) is 7.30. The average molecular weight is 456 g/mol. The van der Waals surface area contributed by atoms with Crippen LogP contribution >= 0.6 is 22.7 Å². The molecule has 0 saturated heterocycles. The second kappa shape index (κ2) is 7.44. The molecule has 8 heteroatoms. The summed E-state index contributed by atoms with van der Waals surface area (Å²) in [5.41, 5.74) is 5.29. The lowest BCUT2D eigenvalue weighted by atomic mass is 10.1. The van der Waals surface area contributed by atoms with Gasteiger partial charge >= 0.3 is 0 Å². The number of nitrogens with zero attached hydrogens (tertiary/aromatic N) is 4. The van der Waals surface area contributed by atoms with Crippen LogP contribution in [0, 0.1) is 6.92 Å². The number of fused-ring (bicyclic) bond motifs is 2. The highest BCUT2D eigenvalue weighted by atomic mass is 32.1. The number of aromatic nitrogens is 4. The van der Waals surface area contributed by atoms with Gasteiger partial charge in [-0.3, -0.25) is 13.6 Å². The van der Waals surface area contributed by atoms with E-state index in [0.29, 0.717) is 4.88 Å². The van der Waals surface area contributed by atoms with Gasteiger partial charge in [0, 0.05) is 40.8 Å². The lowest BCUT2D eigenvalue weighted by molar-refractivity contribution is 0.102. The van der Waals surface area contributed by atoms with Gasteiger partial charge in [-0.1, -0.05) is 59.9 Å². The van der Waals surface area contributed by atoms with E-state index in [-0.39, 0.29) is 5.91 Å². The topological polar surface area (TPSA) is 63.7 Å². The van der Waals surface area contributed by atoms with Gasteiger partial charge in [-0.15, -0.1) is 11.3 Å². The number of imidazole rings is 2. The van der Waals surface area contributed by atoms with Gasteiger partial charge in [-0.05, 0) is 13.0 Å². The first-order chi connectivity index (χ1) is 15.7. The molecule has 0 radical (unpaired) electrons. The largest absolute Gasteiger partial charge is 0.321 e. The number of amides is 1. The summed E-state index contributed by atoms with van der Waals surface area (Å²) in [6.07, 6.45) is 5.94. The van der Waals surface area contributed by atoms with Gasteiger partial charge in [0.05, 0.1) is 17.1 Å². The summed E-state index contributed by atoms with van der Waals surface area (Å²) >= 11 is 2.98. The van der Waals surface area contributed by atoms with E-state index in [1.807, 2.05) is 94.3 Å². The minimum atomic E-state index is -0.146. The maximum Gasteiger partial charge on any atom is 0.267 e. The molecule has 0 bridgehead atoms. The second-order valence-electron chi connectivity index (χ2n) is 7.38. The Morgan fingerprint density at radius 2 is 1.72 bits per heavy atom. The third kappa shape index (κ3) is 3.12. The number of benzene rings is 2. The first kappa shape index (κ1) is 19.0.